The molecule has 0 aliphatic carbocycles. The molecule has 3 rings (SSSR count). The molecule has 9 heteroatoms. The number of fused-ring (bicyclic) bond motifs is 2. The van der Waals surface area contributed by atoms with E-state index in [1.54, 1.807) is 0 Å². The van der Waals surface area contributed by atoms with Crippen LogP contribution in [0.25, 0.3) is 0 Å². The fourth-order valence-electron chi connectivity index (χ4n) is 3.82. The zero-order valence-electron chi connectivity index (χ0n) is 12.7. The lowest BCUT2D eigenvalue weighted by Gasteiger charge is -2.23. The fraction of sp³-hybridized carbons (Fsp3) is 0.533. The van der Waals surface area contributed by atoms with Gasteiger partial charge in [-0.05, 0) is 49.9 Å². The predicted octanol–water partition coefficient (Wildman–Crippen LogP) is 2.64. The van der Waals surface area contributed by atoms with Gasteiger partial charge in [-0.3, -0.25) is 4.79 Å². The summed E-state index contributed by atoms with van der Waals surface area (Å²) in [5.41, 5.74) is -1.06. The van der Waals surface area contributed by atoms with Crippen molar-refractivity contribution >= 4 is 16.0 Å². The maximum absolute atomic E-state index is 12.8. The largest absolute Gasteiger partial charge is 0.481 e. The van der Waals surface area contributed by atoms with Crippen LogP contribution in [0.4, 0.5) is 13.2 Å². The number of aryl methyl sites for hydroxylation is 1. The third-order valence-electron chi connectivity index (χ3n) is 4.87. The van der Waals surface area contributed by atoms with Crippen molar-refractivity contribution in [3.63, 3.8) is 0 Å². The van der Waals surface area contributed by atoms with Gasteiger partial charge in [-0.25, -0.2) is 8.42 Å². The number of halogens is 3. The molecule has 2 fully saturated rings. The predicted molar refractivity (Wildman–Crippen MR) is 77.8 cm³/mol. The highest BCUT2D eigenvalue weighted by atomic mass is 32.2. The molecule has 0 saturated carbocycles. The number of sulfonamides is 1. The summed E-state index contributed by atoms with van der Waals surface area (Å²) in [6.07, 6.45) is -3.26. The first kappa shape index (κ1) is 17.2. The number of hydrogen-bond donors (Lipinski definition) is 1. The Morgan fingerprint density at radius 2 is 1.96 bits per heavy atom. The minimum atomic E-state index is -4.55. The van der Waals surface area contributed by atoms with Gasteiger partial charge < -0.3 is 5.11 Å². The molecule has 5 nitrogen and oxygen atoms in total. The molecule has 1 aromatic carbocycles. The highest BCUT2D eigenvalue weighted by molar-refractivity contribution is 7.89. The number of hydrogen-bond acceptors (Lipinski definition) is 3. The Bertz CT molecular complexity index is 790. The van der Waals surface area contributed by atoms with E-state index in [0.29, 0.717) is 12.8 Å². The van der Waals surface area contributed by atoms with Crippen molar-refractivity contribution in [2.45, 2.75) is 49.3 Å². The van der Waals surface area contributed by atoms with Gasteiger partial charge in [0.05, 0.1) is 16.4 Å². The maximum Gasteiger partial charge on any atom is 0.416 e. The molecular weight excluding hydrogens is 347 g/mol. The van der Waals surface area contributed by atoms with E-state index in [4.69, 9.17) is 0 Å². The van der Waals surface area contributed by atoms with Crippen LogP contribution in [0.3, 0.4) is 0 Å². The molecule has 3 atom stereocenters. The minimum Gasteiger partial charge on any atom is -0.481 e. The molecule has 1 N–H and O–H groups in total. The molecule has 2 saturated heterocycles. The van der Waals surface area contributed by atoms with Gasteiger partial charge >= 0.3 is 12.1 Å². The van der Waals surface area contributed by atoms with Gasteiger partial charge in [-0.1, -0.05) is 0 Å². The Hall–Kier alpha value is -1.61. The van der Waals surface area contributed by atoms with E-state index in [1.807, 2.05) is 0 Å². The molecule has 3 unspecified atom stereocenters. The number of carboxylic acid groups (broad SMARTS) is 1. The van der Waals surface area contributed by atoms with E-state index < -0.39 is 45.7 Å². The Balaban J connectivity index is 1.98. The van der Waals surface area contributed by atoms with Crippen molar-refractivity contribution in [1.29, 1.82) is 0 Å². The van der Waals surface area contributed by atoms with Gasteiger partial charge in [0, 0.05) is 12.1 Å². The average molecular weight is 363 g/mol. The third kappa shape index (κ3) is 2.59. The van der Waals surface area contributed by atoms with E-state index in [1.165, 1.54) is 11.2 Å². The molecule has 2 bridgehead atoms. The summed E-state index contributed by atoms with van der Waals surface area (Å²) in [7, 11) is -4.02. The highest BCUT2D eigenvalue weighted by Gasteiger charge is 2.54. The minimum absolute atomic E-state index is 0.176. The number of carboxylic acids is 1. The second-order valence-corrected chi connectivity index (χ2v) is 8.13. The van der Waals surface area contributed by atoms with Gasteiger partial charge in [0.25, 0.3) is 0 Å². The maximum atomic E-state index is 12.8. The van der Waals surface area contributed by atoms with Crippen LogP contribution in [0.2, 0.25) is 0 Å². The third-order valence-corrected chi connectivity index (χ3v) is 6.84. The van der Waals surface area contributed by atoms with Crippen LogP contribution < -0.4 is 0 Å². The molecule has 2 heterocycles. The molecule has 24 heavy (non-hydrogen) atoms. The summed E-state index contributed by atoms with van der Waals surface area (Å²) in [4.78, 5) is 11.0. The van der Waals surface area contributed by atoms with E-state index in [2.05, 4.69) is 0 Å². The molecule has 0 radical (unpaired) electrons. The van der Waals surface area contributed by atoms with Crippen molar-refractivity contribution in [3.8, 4) is 0 Å². The Kier molecular flexibility index (Phi) is 3.91. The Morgan fingerprint density at radius 3 is 2.46 bits per heavy atom. The summed E-state index contributed by atoms with van der Waals surface area (Å²) >= 11 is 0. The van der Waals surface area contributed by atoms with Crippen LogP contribution in [0, 0.1) is 12.8 Å². The number of nitrogens with zero attached hydrogens (tertiary/aromatic N) is 1. The average Bonchev–Trinajstić information content (AvgIpc) is 3.04. The molecule has 132 valence electrons. The van der Waals surface area contributed by atoms with E-state index in [0.717, 1.165) is 18.2 Å². The number of rotatable bonds is 3. The molecule has 0 aromatic heterocycles. The molecule has 0 amide bonds. The summed E-state index contributed by atoms with van der Waals surface area (Å²) in [6, 6.07) is 1.68. The van der Waals surface area contributed by atoms with Crippen molar-refractivity contribution in [2.75, 3.05) is 0 Å². The van der Waals surface area contributed by atoms with Gasteiger partial charge in [-0.2, -0.15) is 17.5 Å². The molecule has 1 aromatic rings. The van der Waals surface area contributed by atoms with Crippen LogP contribution in [0.15, 0.2) is 23.1 Å². The molecule has 2 aliphatic rings. The zero-order valence-corrected chi connectivity index (χ0v) is 13.6. The smallest absolute Gasteiger partial charge is 0.416 e. The number of alkyl halides is 3. The zero-order chi connectivity index (χ0) is 17.9. The summed E-state index contributed by atoms with van der Waals surface area (Å²) in [6.45, 7) is 1.21. The van der Waals surface area contributed by atoms with Crippen LogP contribution in [-0.4, -0.2) is 35.9 Å². The fourth-order valence-corrected chi connectivity index (χ4v) is 5.82. The van der Waals surface area contributed by atoms with Gasteiger partial charge in [0.1, 0.15) is 0 Å². The number of carbonyl (C=O) groups is 1. The van der Waals surface area contributed by atoms with Crippen molar-refractivity contribution in [3.05, 3.63) is 29.3 Å². The second kappa shape index (κ2) is 5.45. The lowest BCUT2D eigenvalue weighted by molar-refractivity contribution is -0.142. The lowest BCUT2D eigenvalue weighted by Crippen LogP contribution is -2.37. The molecular formula is C15H16F3NO4S. The topological polar surface area (TPSA) is 74.7 Å². The standard InChI is InChI=1S/C15H16F3NO4S/c1-8-6-10(3-4-12(8)15(16,17)18)24(22,23)19-9-2-5-13(19)11(7-9)14(20)21/h3-4,6,9,11,13H,2,5,7H2,1H3,(H,20,21). The summed E-state index contributed by atoms with van der Waals surface area (Å²) in [5, 5.41) is 9.21. The van der Waals surface area contributed by atoms with E-state index >= 15 is 0 Å². The highest BCUT2D eigenvalue weighted by Crippen LogP contribution is 2.45. The first-order valence-corrected chi connectivity index (χ1v) is 8.91. The van der Waals surface area contributed by atoms with E-state index in [-0.39, 0.29) is 16.9 Å². The van der Waals surface area contributed by atoms with Crippen molar-refractivity contribution in [1.82, 2.24) is 4.31 Å². The second-order valence-electron chi connectivity index (χ2n) is 6.29. The van der Waals surface area contributed by atoms with Gasteiger partial charge in [-0.15, -0.1) is 0 Å². The monoisotopic (exact) mass is 363 g/mol. The van der Waals surface area contributed by atoms with Crippen LogP contribution >= 0.6 is 0 Å². The Morgan fingerprint density at radius 1 is 1.29 bits per heavy atom. The van der Waals surface area contributed by atoms with E-state index in [9.17, 15) is 31.5 Å². The quantitative estimate of drug-likeness (QED) is 0.896. The normalized spacial score (nSPS) is 27.6. The molecule has 0 spiro atoms. The van der Waals surface area contributed by atoms with Gasteiger partial charge in [0.2, 0.25) is 10.0 Å². The SMILES string of the molecule is Cc1cc(S(=O)(=O)N2C3CCC2C(C(=O)O)C3)ccc1C(F)(F)F. The molecule has 2 aliphatic heterocycles. The van der Waals surface area contributed by atoms with Crippen molar-refractivity contribution in [2.24, 2.45) is 5.92 Å². The first-order valence-electron chi connectivity index (χ1n) is 7.47. The summed E-state index contributed by atoms with van der Waals surface area (Å²) < 4.78 is 65.3. The van der Waals surface area contributed by atoms with Crippen LogP contribution in [-0.2, 0) is 21.0 Å². The Labute approximate surface area is 137 Å². The van der Waals surface area contributed by atoms with Crippen LogP contribution in [0.1, 0.15) is 30.4 Å². The summed E-state index contributed by atoms with van der Waals surface area (Å²) in [5.74, 6) is -1.79. The van der Waals surface area contributed by atoms with Gasteiger partial charge in [0.15, 0.2) is 0 Å². The number of aliphatic carboxylic acids is 1. The number of benzene rings is 1. The van der Waals surface area contributed by atoms with Crippen LogP contribution in [0.5, 0.6) is 0 Å². The van der Waals surface area contributed by atoms with Crippen molar-refractivity contribution < 1.29 is 31.5 Å². The lowest BCUT2D eigenvalue weighted by atomic mass is 9.89. The first-order chi connectivity index (χ1) is 11.0.